The van der Waals surface area contributed by atoms with E-state index in [9.17, 15) is 19.5 Å². The number of aryl methyl sites for hydroxylation is 2. The first-order valence-corrected chi connectivity index (χ1v) is 13.6. The average molecular weight is 571 g/mol. The van der Waals surface area contributed by atoms with Crippen molar-refractivity contribution in [2.24, 2.45) is 23.3 Å². The first-order chi connectivity index (χ1) is 19.4. The van der Waals surface area contributed by atoms with E-state index in [1.54, 1.807) is 36.4 Å². The fourth-order valence-corrected chi connectivity index (χ4v) is 3.67. The summed E-state index contributed by atoms with van der Waals surface area (Å²) >= 11 is 0. The Hall–Kier alpha value is -3.89. The van der Waals surface area contributed by atoms with Gasteiger partial charge in [-0.25, -0.2) is 9.59 Å². The molecule has 0 amide bonds. The number of ether oxygens (including phenoxy) is 4. The number of allylic oxidation sites excluding steroid dienone is 2. The third-order valence-corrected chi connectivity index (χ3v) is 6.52. The lowest BCUT2D eigenvalue weighted by Crippen LogP contribution is -2.38. The van der Waals surface area contributed by atoms with Gasteiger partial charge in [0.2, 0.25) is 0 Å². The van der Waals surface area contributed by atoms with E-state index in [-0.39, 0.29) is 47.7 Å². The highest BCUT2D eigenvalue weighted by atomic mass is 16.6. The summed E-state index contributed by atoms with van der Waals surface area (Å²) in [6.45, 7) is 7.32. The number of esters is 2. The van der Waals surface area contributed by atoms with Crippen LogP contribution in [-0.4, -0.2) is 49.1 Å². The normalized spacial score (nSPS) is 13.1. The second-order valence-corrected chi connectivity index (χ2v) is 10.5. The van der Waals surface area contributed by atoms with Crippen molar-refractivity contribution in [3.05, 3.63) is 59.4 Å². The first-order valence-electron chi connectivity index (χ1n) is 13.6. The van der Waals surface area contributed by atoms with Crippen LogP contribution in [0.4, 0.5) is 0 Å². The molecule has 0 spiro atoms. The van der Waals surface area contributed by atoms with E-state index in [0.29, 0.717) is 24.3 Å². The molecule has 0 aliphatic rings. The van der Waals surface area contributed by atoms with Crippen molar-refractivity contribution in [2.45, 2.75) is 65.5 Å². The fraction of sp³-hybridized carbons (Fsp3) is 0.452. The van der Waals surface area contributed by atoms with Crippen molar-refractivity contribution in [1.29, 1.82) is 0 Å². The Bertz CT molecular complexity index is 1240. The Kier molecular flexibility index (Phi) is 12.8. The second kappa shape index (κ2) is 15.8. The van der Waals surface area contributed by atoms with Crippen LogP contribution in [-0.2, 0) is 27.2 Å². The van der Waals surface area contributed by atoms with Gasteiger partial charge in [0.1, 0.15) is 12.1 Å². The van der Waals surface area contributed by atoms with Crippen molar-refractivity contribution in [1.82, 2.24) is 0 Å². The van der Waals surface area contributed by atoms with Gasteiger partial charge in [-0.1, -0.05) is 39.8 Å². The summed E-state index contributed by atoms with van der Waals surface area (Å²) in [5.74, 6) is -0.285. The maximum Gasteiger partial charge on any atom is 0.328 e. The maximum absolute atomic E-state index is 12.5. The van der Waals surface area contributed by atoms with E-state index in [0.717, 1.165) is 11.1 Å². The van der Waals surface area contributed by atoms with Gasteiger partial charge in [0, 0.05) is 18.9 Å². The number of nitrogens with two attached hydrogens (primary N) is 2. The van der Waals surface area contributed by atoms with Crippen molar-refractivity contribution in [3.8, 4) is 23.0 Å². The van der Waals surface area contributed by atoms with Gasteiger partial charge in [0.25, 0.3) is 0 Å². The predicted octanol–water partition coefficient (Wildman–Crippen LogP) is 4.06. The topological polar surface area (TPSA) is 160 Å². The fourth-order valence-electron chi connectivity index (χ4n) is 3.67. The average Bonchev–Trinajstić information content (AvgIpc) is 2.94. The van der Waals surface area contributed by atoms with Gasteiger partial charge in [0.05, 0.1) is 20.0 Å². The molecule has 2 atom stereocenters. The van der Waals surface area contributed by atoms with Crippen molar-refractivity contribution in [3.63, 3.8) is 0 Å². The molecule has 10 heteroatoms. The minimum atomic E-state index is -0.753. The molecule has 0 radical (unpaired) electrons. The number of aliphatic hydroxyl groups is 1. The molecule has 2 aromatic carbocycles. The van der Waals surface area contributed by atoms with Gasteiger partial charge in [-0.15, -0.1) is 0 Å². The van der Waals surface area contributed by atoms with Crippen LogP contribution in [0.15, 0.2) is 48.2 Å². The summed E-state index contributed by atoms with van der Waals surface area (Å²) in [6, 6.07) is 8.63. The number of methoxy groups -OCH3 is 2. The number of hydrogen-bond acceptors (Lipinski definition) is 10. The predicted molar refractivity (Wildman–Crippen MR) is 155 cm³/mol. The standard InChI is InChI=1S/C31H42N2O8/c1-18(2)28(32)30(36)40-24-13-9-20(15-26(24)38-5)7-11-22(34)17-23(35)12-8-21-10-14-25(27(16-21)39-6)41-31(37)29(33)19(3)4/h9-10,13-19,28-29,34H,7-8,11-12,32-33H2,1-6H3/b22-17-. The van der Waals surface area contributed by atoms with Crippen LogP contribution in [0.3, 0.4) is 0 Å². The molecule has 0 bridgehead atoms. The number of hydrogen-bond donors (Lipinski definition) is 3. The monoisotopic (exact) mass is 570 g/mol. The number of aliphatic hydroxyl groups excluding tert-OH is 1. The third kappa shape index (κ3) is 10.2. The molecular formula is C31H42N2O8. The van der Waals surface area contributed by atoms with Crippen LogP contribution in [0, 0.1) is 11.8 Å². The third-order valence-electron chi connectivity index (χ3n) is 6.52. The SMILES string of the molecule is COc1cc(CCC(=O)/C=C(\O)CCc2ccc(OC(=O)C(N)C(C)C)c(OC)c2)ccc1OC(=O)C(N)C(C)C. The highest BCUT2D eigenvalue weighted by Gasteiger charge is 2.22. The molecule has 41 heavy (non-hydrogen) atoms. The lowest BCUT2D eigenvalue weighted by Gasteiger charge is -2.16. The molecule has 0 heterocycles. The molecule has 224 valence electrons. The molecule has 2 aromatic rings. The van der Waals surface area contributed by atoms with Crippen molar-refractivity contribution in [2.75, 3.05) is 14.2 Å². The van der Waals surface area contributed by atoms with E-state index in [1.807, 2.05) is 27.7 Å². The van der Waals surface area contributed by atoms with E-state index < -0.39 is 24.0 Å². The molecule has 0 saturated heterocycles. The molecule has 0 aromatic heterocycles. The summed E-state index contributed by atoms with van der Waals surface area (Å²) in [7, 11) is 2.93. The highest BCUT2D eigenvalue weighted by molar-refractivity contribution is 5.90. The first kappa shape index (κ1) is 33.3. The van der Waals surface area contributed by atoms with Crippen LogP contribution in [0.2, 0.25) is 0 Å². The summed E-state index contributed by atoms with van der Waals surface area (Å²) in [5.41, 5.74) is 13.3. The van der Waals surface area contributed by atoms with E-state index >= 15 is 0 Å². The maximum atomic E-state index is 12.5. The molecule has 0 saturated carbocycles. The number of rotatable bonds is 15. The summed E-state index contributed by atoms with van der Waals surface area (Å²) in [5, 5.41) is 10.3. The van der Waals surface area contributed by atoms with Gasteiger partial charge in [-0.05, 0) is 60.1 Å². The largest absolute Gasteiger partial charge is 0.512 e. The minimum Gasteiger partial charge on any atom is -0.512 e. The van der Waals surface area contributed by atoms with Crippen molar-refractivity contribution >= 4 is 17.7 Å². The van der Waals surface area contributed by atoms with Gasteiger partial charge < -0.3 is 35.5 Å². The van der Waals surface area contributed by atoms with E-state index in [4.69, 9.17) is 30.4 Å². The van der Waals surface area contributed by atoms with E-state index in [2.05, 4.69) is 0 Å². The number of carbonyl (C=O) groups is 3. The molecule has 5 N–H and O–H groups in total. The smallest absolute Gasteiger partial charge is 0.328 e. The lowest BCUT2D eigenvalue weighted by molar-refractivity contribution is -0.137. The van der Waals surface area contributed by atoms with Crippen LogP contribution in [0.5, 0.6) is 23.0 Å². The molecule has 2 unspecified atom stereocenters. The zero-order valence-electron chi connectivity index (χ0n) is 24.6. The minimum absolute atomic E-state index is 0.0475. The molecule has 2 rings (SSSR count). The Morgan fingerprint density at radius 1 is 0.732 bits per heavy atom. The Labute approximate surface area is 241 Å². The number of ketones is 1. The molecule has 0 aliphatic heterocycles. The highest BCUT2D eigenvalue weighted by Crippen LogP contribution is 2.30. The molecule has 10 nitrogen and oxygen atoms in total. The summed E-state index contributed by atoms with van der Waals surface area (Å²) in [4.78, 5) is 36.8. The molecular weight excluding hydrogens is 528 g/mol. The quantitative estimate of drug-likeness (QED) is 0.123. The molecule has 0 fully saturated rings. The van der Waals surface area contributed by atoms with Gasteiger partial charge in [0.15, 0.2) is 28.8 Å². The van der Waals surface area contributed by atoms with Gasteiger partial charge >= 0.3 is 11.9 Å². The van der Waals surface area contributed by atoms with Crippen LogP contribution < -0.4 is 30.4 Å². The number of benzene rings is 2. The second-order valence-electron chi connectivity index (χ2n) is 10.5. The van der Waals surface area contributed by atoms with Gasteiger partial charge in [-0.2, -0.15) is 0 Å². The Morgan fingerprint density at radius 3 is 1.54 bits per heavy atom. The molecule has 0 aliphatic carbocycles. The zero-order valence-corrected chi connectivity index (χ0v) is 24.6. The van der Waals surface area contributed by atoms with Crippen LogP contribution >= 0.6 is 0 Å². The Balaban J connectivity index is 1.93. The zero-order chi connectivity index (χ0) is 30.7. The summed E-state index contributed by atoms with van der Waals surface area (Å²) < 4.78 is 21.4. The van der Waals surface area contributed by atoms with Gasteiger partial charge in [-0.3, -0.25) is 4.79 Å². The summed E-state index contributed by atoms with van der Waals surface area (Å²) in [6.07, 6.45) is 2.46. The van der Waals surface area contributed by atoms with Crippen LogP contribution in [0.25, 0.3) is 0 Å². The lowest BCUT2D eigenvalue weighted by atomic mass is 10.0. The number of carbonyl (C=O) groups excluding carboxylic acids is 3. The van der Waals surface area contributed by atoms with Crippen LogP contribution in [0.1, 0.15) is 51.7 Å². The van der Waals surface area contributed by atoms with Crippen molar-refractivity contribution < 1.29 is 38.4 Å². The Morgan fingerprint density at radius 2 is 1.15 bits per heavy atom. The van der Waals surface area contributed by atoms with E-state index in [1.165, 1.54) is 20.3 Å².